The Morgan fingerprint density at radius 3 is 2.81 bits per heavy atom. The molecule has 1 aromatic carbocycles. The molecular formula is C12H17FN2O. The van der Waals surface area contributed by atoms with E-state index in [0.717, 1.165) is 0 Å². The summed E-state index contributed by atoms with van der Waals surface area (Å²) in [7, 11) is 0. The lowest BCUT2D eigenvalue weighted by atomic mass is 10.1. The Morgan fingerprint density at radius 2 is 2.25 bits per heavy atom. The van der Waals surface area contributed by atoms with Gasteiger partial charge in [-0.1, -0.05) is 0 Å². The summed E-state index contributed by atoms with van der Waals surface area (Å²) in [6, 6.07) is 4.30. The fraction of sp³-hybridized carbons (Fsp3) is 0.417. The second-order valence-electron chi connectivity index (χ2n) is 4.02. The largest absolute Gasteiger partial charge is 0.328 e. The molecule has 0 aliphatic carbocycles. The van der Waals surface area contributed by atoms with Gasteiger partial charge in [0.1, 0.15) is 5.82 Å². The molecule has 1 amide bonds. The summed E-state index contributed by atoms with van der Waals surface area (Å²) in [4.78, 5) is 11.5. The van der Waals surface area contributed by atoms with Gasteiger partial charge in [-0.2, -0.15) is 0 Å². The van der Waals surface area contributed by atoms with Crippen LogP contribution in [0.25, 0.3) is 0 Å². The molecule has 0 saturated carbocycles. The van der Waals surface area contributed by atoms with E-state index in [1.807, 2.05) is 6.92 Å². The predicted molar refractivity (Wildman–Crippen MR) is 62.7 cm³/mol. The van der Waals surface area contributed by atoms with E-state index in [1.165, 1.54) is 12.1 Å². The summed E-state index contributed by atoms with van der Waals surface area (Å²) in [6.07, 6.45) is 1.03. The maximum absolute atomic E-state index is 12.8. The first kappa shape index (κ1) is 12.6. The zero-order valence-electron chi connectivity index (χ0n) is 9.59. The first-order valence-electron chi connectivity index (χ1n) is 5.30. The van der Waals surface area contributed by atoms with Crippen molar-refractivity contribution in [3.8, 4) is 0 Å². The standard InChI is InChI=1S/C12H17FN2O/c1-8-7-10(13)4-5-11(8)15-12(16)6-3-9(2)14/h4-5,7,9H,3,6,14H2,1-2H3,(H,15,16). The maximum atomic E-state index is 12.8. The van der Waals surface area contributed by atoms with Gasteiger partial charge in [-0.3, -0.25) is 4.79 Å². The molecule has 1 unspecified atom stereocenters. The van der Waals surface area contributed by atoms with E-state index in [0.29, 0.717) is 24.1 Å². The first-order chi connectivity index (χ1) is 7.49. The summed E-state index contributed by atoms with van der Waals surface area (Å²) in [5.41, 5.74) is 6.92. The van der Waals surface area contributed by atoms with Gasteiger partial charge in [0.15, 0.2) is 0 Å². The number of nitrogens with one attached hydrogen (secondary N) is 1. The number of anilines is 1. The Bertz CT molecular complexity index is 377. The summed E-state index contributed by atoms with van der Waals surface area (Å²) in [5, 5.41) is 2.73. The minimum atomic E-state index is -0.300. The quantitative estimate of drug-likeness (QED) is 0.823. The van der Waals surface area contributed by atoms with Crippen LogP contribution < -0.4 is 11.1 Å². The molecule has 1 atom stereocenters. The smallest absolute Gasteiger partial charge is 0.224 e. The third-order valence-corrected chi connectivity index (χ3v) is 2.29. The SMILES string of the molecule is Cc1cc(F)ccc1NC(=O)CCC(C)N. The van der Waals surface area contributed by atoms with Crippen LogP contribution in [0.5, 0.6) is 0 Å². The Kier molecular flexibility index (Phi) is 4.43. The van der Waals surface area contributed by atoms with Crippen LogP contribution in [0.2, 0.25) is 0 Å². The topological polar surface area (TPSA) is 55.1 Å². The average Bonchev–Trinajstić information content (AvgIpc) is 2.19. The number of aryl methyl sites for hydroxylation is 1. The molecule has 0 spiro atoms. The lowest BCUT2D eigenvalue weighted by Crippen LogP contribution is -2.19. The van der Waals surface area contributed by atoms with Crippen molar-refractivity contribution in [3.63, 3.8) is 0 Å². The summed E-state index contributed by atoms with van der Waals surface area (Å²) < 4.78 is 12.8. The number of carbonyl (C=O) groups is 1. The van der Waals surface area contributed by atoms with Crippen molar-refractivity contribution < 1.29 is 9.18 Å². The number of hydrogen-bond donors (Lipinski definition) is 2. The highest BCUT2D eigenvalue weighted by Crippen LogP contribution is 2.16. The van der Waals surface area contributed by atoms with Crippen molar-refractivity contribution in [2.45, 2.75) is 32.7 Å². The molecule has 0 heterocycles. The highest BCUT2D eigenvalue weighted by atomic mass is 19.1. The molecule has 3 nitrogen and oxygen atoms in total. The minimum Gasteiger partial charge on any atom is -0.328 e. The Labute approximate surface area is 94.8 Å². The van der Waals surface area contributed by atoms with Crippen LogP contribution in [0.1, 0.15) is 25.3 Å². The molecule has 1 aromatic rings. The molecule has 0 saturated heterocycles. The van der Waals surface area contributed by atoms with E-state index in [9.17, 15) is 9.18 Å². The van der Waals surface area contributed by atoms with Gasteiger partial charge >= 0.3 is 0 Å². The van der Waals surface area contributed by atoms with Crippen LogP contribution in [0.4, 0.5) is 10.1 Å². The minimum absolute atomic E-state index is 0.0139. The van der Waals surface area contributed by atoms with Crippen molar-refractivity contribution in [1.82, 2.24) is 0 Å². The van der Waals surface area contributed by atoms with Gasteiger partial charge < -0.3 is 11.1 Å². The predicted octanol–water partition coefficient (Wildman–Crippen LogP) is 2.20. The molecule has 88 valence electrons. The van der Waals surface area contributed by atoms with Crippen molar-refractivity contribution in [1.29, 1.82) is 0 Å². The fourth-order valence-corrected chi connectivity index (χ4v) is 1.34. The number of nitrogens with two attached hydrogens (primary N) is 1. The molecule has 0 aliphatic rings. The number of halogens is 1. The zero-order valence-corrected chi connectivity index (χ0v) is 9.59. The van der Waals surface area contributed by atoms with E-state index in [1.54, 1.807) is 13.0 Å². The molecule has 0 bridgehead atoms. The highest BCUT2D eigenvalue weighted by molar-refractivity contribution is 5.91. The monoisotopic (exact) mass is 224 g/mol. The lowest BCUT2D eigenvalue weighted by molar-refractivity contribution is -0.116. The van der Waals surface area contributed by atoms with Gasteiger partial charge in [-0.15, -0.1) is 0 Å². The molecule has 3 N–H and O–H groups in total. The lowest BCUT2D eigenvalue weighted by Gasteiger charge is -2.09. The average molecular weight is 224 g/mol. The molecular weight excluding hydrogens is 207 g/mol. The van der Waals surface area contributed by atoms with E-state index in [-0.39, 0.29) is 17.8 Å². The van der Waals surface area contributed by atoms with Crippen molar-refractivity contribution in [2.24, 2.45) is 5.73 Å². The molecule has 0 aromatic heterocycles. The second-order valence-corrected chi connectivity index (χ2v) is 4.02. The van der Waals surface area contributed by atoms with Crippen LogP contribution in [0.15, 0.2) is 18.2 Å². The van der Waals surface area contributed by atoms with Crippen molar-refractivity contribution >= 4 is 11.6 Å². The van der Waals surface area contributed by atoms with Crippen LogP contribution in [-0.4, -0.2) is 11.9 Å². The third kappa shape index (κ3) is 3.98. The Hall–Kier alpha value is -1.42. The van der Waals surface area contributed by atoms with Crippen molar-refractivity contribution in [2.75, 3.05) is 5.32 Å². The highest BCUT2D eigenvalue weighted by Gasteiger charge is 2.06. The number of carbonyl (C=O) groups excluding carboxylic acids is 1. The number of benzene rings is 1. The van der Waals surface area contributed by atoms with Crippen molar-refractivity contribution in [3.05, 3.63) is 29.6 Å². The zero-order chi connectivity index (χ0) is 12.1. The van der Waals surface area contributed by atoms with Crippen LogP contribution >= 0.6 is 0 Å². The molecule has 16 heavy (non-hydrogen) atoms. The molecule has 0 fully saturated rings. The number of hydrogen-bond acceptors (Lipinski definition) is 2. The van der Waals surface area contributed by atoms with Gasteiger partial charge in [-0.05, 0) is 44.0 Å². The van der Waals surface area contributed by atoms with E-state index < -0.39 is 0 Å². The molecule has 0 radical (unpaired) electrons. The van der Waals surface area contributed by atoms with E-state index in [4.69, 9.17) is 5.73 Å². The number of amides is 1. The third-order valence-electron chi connectivity index (χ3n) is 2.29. The fourth-order valence-electron chi connectivity index (χ4n) is 1.34. The van der Waals surface area contributed by atoms with Gasteiger partial charge in [-0.25, -0.2) is 4.39 Å². The summed E-state index contributed by atoms with van der Waals surface area (Å²) in [5.74, 6) is -0.391. The first-order valence-corrected chi connectivity index (χ1v) is 5.30. The second kappa shape index (κ2) is 5.61. The van der Waals surface area contributed by atoms with Gasteiger partial charge in [0, 0.05) is 18.2 Å². The van der Waals surface area contributed by atoms with Gasteiger partial charge in [0.05, 0.1) is 0 Å². The van der Waals surface area contributed by atoms with Gasteiger partial charge in [0.2, 0.25) is 5.91 Å². The number of rotatable bonds is 4. The van der Waals surface area contributed by atoms with Crippen LogP contribution in [-0.2, 0) is 4.79 Å². The van der Waals surface area contributed by atoms with Crippen LogP contribution in [0, 0.1) is 12.7 Å². The van der Waals surface area contributed by atoms with E-state index in [2.05, 4.69) is 5.32 Å². The summed E-state index contributed by atoms with van der Waals surface area (Å²) >= 11 is 0. The summed E-state index contributed by atoms with van der Waals surface area (Å²) in [6.45, 7) is 3.61. The van der Waals surface area contributed by atoms with Gasteiger partial charge in [0.25, 0.3) is 0 Å². The van der Waals surface area contributed by atoms with E-state index >= 15 is 0 Å². The van der Waals surface area contributed by atoms with Crippen LogP contribution in [0.3, 0.4) is 0 Å². The molecule has 1 rings (SSSR count). The maximum Gasteiger partial charge on any atom is 0.224 e. The Morgan fingerprint density at radius 1 is 1.56 bits per heavy atom. The Balaban J connectivity index is 2.56. The molecule has 0 aliphatic heterocycles. The normalized spacial score (nSPS) is 12.2. The molecule has 4 heteroatoms.